The Kier molecular flexibility index (Phi) is 7.18. The Morgan fingerprint density at radius 2 is 1.48 bits per heavy atom. The van der Waals surface area contributed by atoms with Gasteiger partial charge in [-0.3, -0.25) is 9.59 Å². The Morgan fingerprint density at radius 1 is 0.909 bits per heavy atom. The molecule has 0 aliphatic carbocycles. The van der Waals surface area contributed by atoms with Gasteiger partial charge in [0, 0.05) is 38.3 Å². The summed E-state index contributed by atoms with van der Waals surface area (Å²) in [5.74, 6) is 1.34. The summed E-state index contributed by atoms with van der Waals surface area (Å²) >= 11 is 0. The number of piperidine rings is 1. The number of methoxy groups -OCH3 is 2. The Labute approximate surface area is 195 Å². The fourth-order valence-electron chi connectivity index (χ4n) is 4.90. The van der Waals surface area contributed by atoms with Gasteiger partial charge in [-0.05, 0) is 54.9 Å². The van der Waals surface area contributed by atoms with E-state index < -0.39 is 0 Å². The number of hydrogen-bond acceptors (Lipinski definition) is 5. The number of nitrogens with zero attached hydrogens (tertiary/aromatic N) is 3. The molecule has 2 saturated heterocycles. The fraction of sp³-hybridized carbons (Fsp3) is 0.462. The summed E-state index contributed by atoms with van der Waals surface area (Å²) in [5, 5.41) is 0. The van der Waals surface area contributed by atoms with Crippen molar-refractivity contribution < 1.29 is 19.1 Å². The Bertz CT molecular complexity index is 953. The molecule has 0 aromatic heterocycles. The van der Waals surface area contributed by atoms with Crippen molar-refractivity contribution in [2.24, 2.45) is 5.92 Å². The molecule has 2 atom stereocenters. The van der Waals surface area contributed by atoms with Gasteiger partial charge in [0.25, 0.3) is 0 Å². The zero-order chi connectivity index (χ0) is 23.4. The molecule has 2 aromatic carbocycles. The molecule has 2 unspecified atom stereocenters. The lowest BCUT2D eigenvalue weighted by atomic mass is 9.82. The summed E-state index contributed by atoms with van der Waals surface area (Å²) in [6.07, 6.45) is 0.902. The molecule has 2 aliphatic heterocycles. The quantitative estimate of drug-likeness (QED) is 0.674. The third-order valence-corrected chi connectivity index (χ3v) is 6.85. The topological polar surface area (TPSA) is 62.3 Å². The lowest BCUT2D eigenvalue weighted by molar-refractivity contribution is -0.140. The summed E-state index contributed by atoms with van der Waals surface area (Å²) < 4.78 is 10.6. The van der Waals surface area contributed by atoms with Gasteiger partial charge in [0.1, 0.15) is 11.5 Å². The second-order valence-corrected chi connectivity index (χ2v) is 8.58. The molecule has 7 heteroatoms. The number of ether oxygens (including phenoxy) is 2. The minimum atomic E-state index is -0.373. The van der Waals surface area contributed by atoms with Crippen LogP contribution in [0, 0.1) is 5.92 Å². The number of benzene rings is 2. The number of likely N-dealkylation sites (N-methyl/N-ethyl adjacent to an activating group) is 1. The highest BCUT2D eigenvalue weighted by Gasteiger charge is 2.43. The van der Waals surface area contributed by atoms with Crippen LogP contribution in [-0.4, -0.2) is 68.6 Å². The van der Waals surface area contributed by atoms with Crippen LogP contribution in [0.25, 0.3) is 0 Å². The molecular formula is C26H33N3O4. The normalized spacial score (nSPS) is 21.7. The van der Waals surface area contributed by atoms with Crippen LogP contribution in [0.4, 0.5) is 5.69 Å². The zero-order valence-corrected chi connectivity index (χ0v) is 19.7. The Hall–Kier alpha value is -3.06. The van der Waals surface area contributed by atoms with Crippen molar-refractivity contribution in [2.75, 3.05) is 51.8 Å². The Balaban J connectivity index is 1.69. The van der Waals surface area contributed by atoms with Gasteiger partial charge in [0.15, 0.2) is 0 Å². The van der Waals surface area contributed by atoms with Gasteiger partial charge in [-0.1, -0.05) is 19.1 Å². The number of hydrogen-bond donors (Lipinski definition) is 0. The van der Waals surface area contributed by atoms with Crippen LogP contribution >= 0.6 is 0 Å². The van der Waals surface area contributed by atoms with Crippen molar-refractivity contribution in [1.82, 2.24) is 9.80 Å². The largest absolute Gasteiger partial charge is 0.497 e. The Morgan fingerprint density at radius 3 is 2.03 bits per heavy atom. The maximum atomic E-state index is 13.8. The first-order chi connectivity index (χ1) is 16.0. The first-order valence-electron chi connectivity index (χ1n) is 11.7. The summed E-state index contributed by atoms with van der Waals surface area (Å²) in [5.41, 5.74) is 1.71. The molecule has 4 rings (SSSR count). The van der Waals surface area contributed by atoms with Crippen LogP contribution in [0.3, 0.4) is 0 Å². The summed E-state index contributed by atoms with van der Waals surface area (Å²) in [6.45, 7) is 6.40. The molecule has 176 valence electrons. The van der Waals surface area contributed by atoms with Crippen LogP contribution < -0.4 is 14.4 Å². The van der Waals surface area contributed by atoms with Crippen LogP contribution in [0.15, 0.2) is 48.5 Å². The number of rotatable bonds is 6. The smallest absolute Gasteiger partial charge is 0.228 e. The average molecular weight is 452 g/mol. The van der Waals surface area contributed by atoms with Gasteiger partial charge in [-0.25, -0.2) is 0 Å². The third kappa shape index (κ3) is 4.83. The first kappa shape index (κ1) is 23.1. The number of piperazine rings is 1. The van der Waals surface area contributed by atoms with E-state index in [1.807, 2.05) is 53.4 Å². The van der Waals surface area contributed by atoms with Gasteiger partial charge >= 0.3 is 0 Å². The van der Waals surface area contributed by atoms with Gasteiger partial charge in [-0.2, -0.15) is 0 Å². The lowest BCUT2D eigenvalue weighted by Gasteiger charge is -2.43. The third-order valence-electron chi connectivity index (χ3n) is 6.85. The summed E-state index contributed by atoms with van der Waals surface area (Å²) in [7, 11) is 3.25. The fourth-order valence-corrected chi connectivity index (χ4v) is 4.90. The van der Waals surface area contributed by atoms with Crippen molar-refractivity contribution in [3.63, 3.8) is 0 Å². The molecule has 2 aliphatic rings. The highest BCUT2D eigenvalue weighted by atomic mass is 16.5. The maximum Gasteiger partial charge on any atom is 0.228 e. The average Bonchev–Trinajstić information content (AvgIpc) is 2.88. The monoisotopic (exact) mass is 451 g/mol. The van der Waals surface area contributed by atoms with E-state index in [2.05, 4.69) is 11.8 Å². The van der Waals surface area contributed by atoms with E-state index in [4.69, 9.17) is 9.47 Å². The predicted molar refractivity (Wildman–Crippen MR) is 128 cm³/mol. The van der Waals surface area contributed by atoms with Gasteiger partial charge in [0.05, 0.1) is 26.2 Å². The van der Waals surface area contributed by atoms with Crippen LogP contribution in [0.1, 0.15) is 31.4 Å². The SMILES string of the molecule is CCN1CCN(C(=O)C2CCC(=O)N(c3ccc(OC)cc3)C2c2ccc(OC)cc2)CC1. The van der Waals surface area contributed by atoms with Crippen molar-refractivity contribution in [2.45, 2.75) is 25.8 Å². The number of anilines is 1. The van der Waals surface area contributed by atoms with Crippen molar-refractivity contribution in [1.29, 1.82) is 0 Å². The molecule has 33 heavy (non-hydrogen) atoms. The van der Waals surface area contributed by atoms with E-state index in [9.17, 15) is 9.59 Å². The van der Waals surface area contributed by atoms with Crippen LogP contribution in [0.5, 0.6) is 11.5 Å². The van der Waals surface area contributed by atoms with Gasteiger partial charge in [-0.15, -0.1) is 0 Å². The molecule has 0 spiro atoms. The maximum absolute atomic E-state index is 13.8. The van der Waals surface area contributed by atoms with Crippen molar-refractivity contribution in [3.05, 3.63) is 54.1 Å². The molecule has 7 nitrogen and oxygen atoms in total. The van der Waals surface area contributed by atoms with E-state index in [0.717, 1.165) is 55.5 Å². The molecule has 0 saturated carbocycles. The number of carbonyl (C=O) groups excluding carboxylic acids is 2. The first-order valence-corrected chi connectivity index (χ1v) is 11.7. The van der Waals surface area contributed by atoms with E-state index in [-0.39, 0.29) is 23.8 Å². The second-order valence-electron chi connectivity index (χ2n) is 8.58. The molecule has 0 N–H and O–H groups in total. The second kappa shape index (κ2) is 10.3. The van der Waals surface area contributed by atoms with E-state index in [1.165, 1.54) is 0 Å². The minimum Gasteiger partial charge on any atom is -0.497 e. The molecule has 2 fully saturated rings. The molecule has 2 heterocycles. The highest BCUT2D eigenvalue weighted by Crippen LogP contribution is 2.41. The van der Waals surface area contributed by atoms with Crippen LogP contribution in [0.2, 0.25) is 0 Å². The van der Waals surface area contributed by atoms with Crippen LogP contribution in [-0.2, 0) is 9.59 Å². The van der Waals surface area contributed by atoms with E-state index in [0.29, 0.717) is 12.8 Å². The summed E-state index contributed by atoms with van der Waals surface area (Å²) in [4.78, 5) is 33.1. The zero-order valence-electron chi connectivity index (χ0n) is 19.7. The van der Waals surface area contributed by atoms with Crippen molar-refractivity contribution in [3.8, 4) is 11.5 Å². The standard InChI is InChI=1S/C26H33N3O4/c1-4-27-15-17-28(18-16-27)26(31)23-13-14-24(30)29(20-7-11-22(33-3)12-8-20)25(23)19-5-9-21(32-2)10-6-19/h5-12,23,25H,4,13-18H2,1-3H3. The molecule has 2 amide bonds. The number of amides is 2. The minimum absolute atomic E-state index is 0.0286. The van der Waals surface area contributed by atoms with E-state index >= 15 is 0 Å². The van der Waals surface area contributed by atoms with E-state index in [1.54, 1.807) is 19.1 Å². The summed E-state index contributed by atoms with van der Waals surface area (Å²) in [6, 6.07) is 14.8. The molecule has 0 bridgehead atoms. The molecular weight excluding hydrogens is 418 g/mol. The molecule has 0 radical (unpaired) electrons. The van der Waals surface area contributed by atoms with Crippen molar-refractivity contribution >= 4 is 17.5 Å². The number of carbonyl (C=O) groups is 2. The van der Waals surface area contributed by atoms with Gasteiger partial charge in [0.2, 0.25) is 11.8 Å². The highest BCUT2D eigenvalue weighted by molar-refractivity contribution is 5.97. The lowest BCUT2D eigenvalue weighted by Crippen LogP contribution is -2.54. The predicted octanol–water partition coefficient (Wildman–Crippen LogP) is 3.35. The molecule has 2 aromatic rings. The van der Waals surface area contributed by atoms with Gasteiger partial charge < -0.3 is 24.2 Å².